The maximum Gasteiger partial charge on any atom is 0.244 e. The molecular weight excluding hydrogens is 274 g/mol. The maximum atomic E-state index is 12.0. The van der Waals surface area contributed by atoms with Gasteiger partial charge in [0.2, 0.25) is 5.91 Å². The number of anilines is 1. The zero-order valence-electron chi connectivity index (χ0n) is 11.6. The second-order valence-corrected chi connectivity index (χ2v) is 6.47. The quantitative estimate of drug-likeness (QED) is 0.895. The predicted molar refractivity (Wildman–Crippen MR) is 80.8 cm³/mol. The van der Waals surface area contributed by atoms with Crippen molar-refractivity contribution < 1.29 is 4.79 Å². The Morgan fingerprint density at radius 3 is 2.60 bits per heavy atom. The van der Waals surface area contributed by atoms with E-state index in [2.05, 4.69) is 17.1 Å². The van der Waals surface area contributed by atoms with Crippen molar-refractivity contribution in [3.63, 3.8) is 0 Å². The molecule has 0 bridgehead atoms. The largest absolute Gasteiger partial charge is 0.370 e. The lowest BCUT2D eigenvalue weighted by Gasteiger charge is -2.28. The molecule has 2 fully saturated rings. The Kier molecular flexibility index (Phi) is 3.38. The number of carbonyl (C=O) groups is 1. The highest BCUT2D eigenvalue weighted by Crippen LogP contribution is 2.38. The number of benzene rings is 1. The average molecular weight is 294 g/mol. The van der Waals surface area contributed by atoms with E-state index >= 15 is 0 Å². The molecular formula is C15H20ClN3O. The molecule has 1 saturated heterocycles. The topological polar surface area (TPSA) is 58.4 Å². The summed E-state index contributed by atoms with van der Waals surface area (Å²) >= 11 is 5.89. The van der Waals surface area contributed by atoms with Crippen molar-refractivity contribution in [1.82, 2.24) is 4.90 Å². The normalized spacial score (nSPS) is 30.4. The summed E-state index contributed by atoms with van der Waals surface area (Å²) in [5.74, 6) is -0.276. The number of likely N-dealkylation sites (tertiary alicyclic amines) is 1. The Labute approximate surface area is 124 Å². The molecule has 0 spiro atoms. The minimum absolute atomic E-state index is 0.276. The van der Waals surface area contributed by atoms with Crippen LogP contribution in [0.25, 0.3) is 0 Å². The minimum Gasteiger partial charge on any atom is -0.370 e. The average Bonchev–Trinajstić information content (AvgIpc) is 3.18. The van der Waals surface area contributed by atoms with Crippen LogP contribution in [0.3, 0.4) is 0 Å². The van der Waals surface area contributed by atoms with Gasteiger partial charge in [0.15, 0.2) is 0 Å². The van der Waals surface area contributed by atoms with Crippen LogP contribution >= 0.6 is 11.6 Å². The van der Waals surface area contributed by atoms with Crippen LogP contribution in [0.4, 0.5) is 5.69 Å². The van der Waals surface area contributed by atoms with Crippen LogP contribution in [0.15, 0.2) is 24.3 Å². The molecule has 2 atom stereocenters. The fraction of sp³-hybridized carbons (Fsp3) is 0.533. The first-order valence-electron chi connectivity index (χ1n) is 7.09. The Morgan fingerprint density at radius 1 is 1.40 bits per heavy atom. The fourth-order valence-electron chi connectivity index (χ4n) is 3.19. The summed E-state index contributed by atoms with van der Waals surface area (Å²) in [6, 6.07) is 8.42. The number of nitrogens with two attached hydrogens (primary N) is 1. The van der Waals surface area contributed by atoms with Crippen molar-refractivity contribution in [2.75, 3.05) is 11.9 Å². The SMILES string of the molecule is CC1CC(Nc2ccc(Cl)cc2)(C(N)=O)CN1C1CC1. The van der Waals surface area contributed by atoms with Gasteiger partial charge in [-0.05, 0) is 50.5 Å². The molecule has 1 aliphatic heterocycles. The van der Waals surface area contributed by atoms with Crippen molar-refractivity contribution >= 4 is 23.2 Å². The second kappa shape index (κ2) is 4.93. The molecule has 1 aromatic rings. The molecule has 1 saturated carbocycles. The molecule has 5 heteroatoms. The molecule has 108 valence electrons. The highest BCUT2D eigenvalue weighted by molar-refractivity contribution is 6.30. The van der Waals surface area contributed by atoms with Crippen molar-refractivity contribution in [2.45, 2.75) is 43.8 Å². The highest BCUT2D eigenvalue weighted by Gasteiger charge is 2.50. The Morgan fingerprint density at radius 2 is 2.05 bits per heavy atom. The summed E-state index contributed by atoms with van der Waals surface area (Å²) in [6.07, 6.45) is 3.22. The monoisotopic (exact) mass is 293 g/mol. The van der Waals surface area contributed by atoms with Crippen LogP contribution in [0, 0.1) is 0 Å². The van der Waals surface area contributed by atoms with Crippen LogP contribution < -0.4 is 11.1 Å². The van der Waals surface area contributed by atoms with Gasteiger partial charge in [-0.1, -0.05) is 11.6 Å². The van der Waals surface area contributed by atoms with Gasteiger partial charge in [0.25, 0.3) is 0 Å². The third-order valence-electron chi connectivity index (χ3n) is 4.38. The van der Waals surface area contributed by atoms with Gasteiger partial charge >= 0.3 is 0 Å². The van der Waals surface area contributed by atoms with Gasteiger partial charge in [-0.2, -0.15) is 0 Å². The molecule has 20 heavy (non-hydrogen) atoms. The van der Waals surface area contributed by atoms with E-state index in [1.165, 1.54) is 12.8 Å². The molecule has 3 N–H and O–H groups in total. The number of amides is 1. The highest BCUT2D eigenvalue weighted by atomic mass is 35.5. The third-order valence-corrected chi connectivity index (χ3v) is 4.63. The molecule has 0 radical (unpaired) electrons. The van der Waals surface area contributed by atoms with Crippen LogP contribution in [0.2, 0.25) is 5.02 Å². The summed E-state index contributed by atoms with van der Waals surface area (Å²) in [5, 5.41) is 4.03. The number of hydrogen-bond acceptors (Lipinski definition) is 3. The standard InChI is InChI=1S/C15H20ClN3O/c1-10-8-15(14(17)20,9-19(10)13-6-7-13)18-12-4-2-11(16)3-5-12/h2-5,10,13,18H,6-9H2,1H3,(H2,17,20). The molecule has 4 nitrogen and oxygen atoms in total. The first kappa shape index (κ1) is 13.7. The molecule has 1 aromatic carbocycles. The van der Waals surface area contributed by atoms with E-state index in [1.807, 2.05) is 24.3 Å². The van der Waals surface area contributed by atoms with E-state index in [4.69, 9.17) is 17.3 Å². The van der Waals surface area contributed by atoms with Crippen LogP contribution in [-0.2, 0) is 4.79 Å². The number of nitrogens with zero attached hydrogens (tertiary/aromatic N) is 1. The Balaban J connectivity index is 1.82. The Hall–Kier alpha value is -1.26. The van der Waals surface area contributed by atoms with E-state index < -0.39 is 5.54 Å². The van der Waals surface area contributed by atoms with Crippen molar-refractivity contribution in [2.24, 2.45) is 5.73 Å². The van der Waals surface area contributed by atoms with Gasteiger partial charge in [-0.25, -0.2) is 0 Å². The number of hydrogen-bond donors (Lipinski definition) is 2. The van der Waals surface area contributed by atoms with Crippen LogP contribution in [0.5, 0.6) is 0 Å². The van der Waals surface area contributed by atoms with Gasteiger partial charge in [0.05, 0.1) is 0 Å². The lowest BCUT2D eigenvalue weighted by molar-refractivity contribution is -0.121. The zero-order valence-corrected chi connectivity index (χ0v) is 12.4. The zero-order chi connectivity index (χ0) is 14.3. The molecule has 3 rings (SSSR count). The van der Waals surface area contributed by atoms with Crippen molar-refractivity contribution in [3.8, 4) is 0 Å². The van der Waals surface area contributed by atoms with Crippen LogP contribution in [-0.4, -0.2) is 35.0 Å². The third kappa shape index (κ3) is 2.50. The number of halogens is 1. The fourth-order valence-corrected chi connectivity index (χ4v) is 3.31. The van der Waals surface area contributed by atoms with E-state index in [0.717, 1.165) is 12.1 Å². The summed E-state index contributed by atoms with van der Waals surface area (Å²) in [7, 11) is 0. The number of rotatable bonds is 4. The molecule has 1 heterocycles. The maximum absolute atomic E-state index is 12.0. The molecule has 2 unspecified atom stereocenters. The first-order chi connectivity index (χ1) is 9.50. The summed E-state index contributed by atoms with van der Waals surface area (Å²) in [4.78, 5) is 14.4. The van der Waals surface area contributed by atoms with Gasteiger partial charge in [-0.15, -0.1) is 0 Å². The second-order valence-electron chi connectivity index (χ2n) is 6.03. The van der Waals surface area contributed by atoms with Crippen LogP contribution in [0.1, 0.15) is 26.2 Å². The molecule has 0 aromatic heterocycles. The van der Waals surface area contributed by atoms with E-state index in [1.54, 1.807) is 0 Å². The van der Waals surface area contributed by atoms with Gasteiger partial charge in [0, 0.05) is 29.3 Å². The lowest BCUT2D eigenvalue weighted by Crippen LogP contribution is -2.52. The Bertz CT molecular complexity index is 514. The minimum atomic E-state index is -0.671. The number of carbonyl (C=O) groups excluding carboxylic acids is 1. The van der Waals surface area contributed by atoms with Gasteiger partial charge in [-0.3, -0.25) is 9.69 Å². The summed E-state index contributed by atoms with van der Waals surface area (Å²) < 4.78 is 0. The van der Waals surface area contributed by atoms with E-state index in [0.29, 0.717) is 23.7 Å². The van der Waals surface area contributed by atoms with Gasteiger partial charge in [0.1, 0.15) is 5.54 Å². The summed E-state index contributed by atoms with van der Waals surface area (Å²) in [5.41, 5.74) is 5.92. The van der Waals surface area contributed by atoms with E-state index in [-0.39, 0.29) is 5.91 Å². The molecule has 2 aliphatic rings. The number of primary amides is 1. The van der Waals surface area contributed by atoms with Crippen molar-refractivity contribution in [1.29, 1.82) is 0 Å². The van der Waals surface area contributed by atoms with Crippen molar-refractivity contribution in [3.05, 3.63) is 29.3 Å². The lowest BCUT2D eigenvalue weighted by atomic mass is 9.95. The predicted octanol–water partition coefficient (Wildman–Crippen LogP) is 2.23. The first-order valence-corrected chi connectivity index (χ1v) is 7.47. The smallest absolute Gasteiger partial charge is 0.244 e. The molecule has 1 aliphatic carbocycles. The number of nitrogens with one attached hydrogen (secondary N) is 1. The molecule has 1 amide bonds. The van der Waals surface area contributed by atoms with E-state index in [9.17, 15) is 4.79 Å². The van der Waals surface area contributed by atoms with Gasteiger partial charge < -0.3 is 11.1 Å². The summed E-state index contributed by atoms with van der Waals surface area (Å²) in [6.45, 7) is 2.86.